The molecule has 1 aliphatic heterocycles. The van der Waals surface area contributed by atoms with E-state index < -0.39 is 0 Å². The molecule has 6 heteroatoms. The van der Waals surface area contributed by atoms with E-state index in [0.717, 1.165) is 62.9 Å². The van der Waals surface area contributed by atoms with Gasteiger partial charge in [-0.3, -0.25) is 4.68 Å². The summed E-state index contributed by atoms with van der Waals surface area (Å²) in [5, 5.41) is 8.53. The van der Waals surface area contributed by atoms with E-state index in [1.165, 1.54) is 16.9 Å². The molecule has 0 bridgehead atoms. The summed E-state index contributed by atoms with van der Waals surface area (Å²) in [6, 6.07) is 2.53. The summed E-state index contributed by atoms with van der Waals surface area (Å²) in [5.41, 5.74) is 3.97. The number of morpholine rings is 1. The second-order valence-electron chi connectivity index (χ2n) is 8.82. The maximum absolute atomic E-state index is 5.99. The number of hydrogen-bond acceptors (Lipinski definition) is 5. The van der Waals surface area contributed by atoms with E-state index in [2.05, 4.69) is 37.1 Å². The first kappa shape index (κ1) is 18.6. The fourth-order valence-corrected chi connectivity index (χ4v) is 4.66. The van der Waals surface area contributed by atoms with E-state index in [0.29, 0.717) is 6.04 Å². The summed E-state index contributed by atoms with van der Waals surface area (Å²) >= 11 is 0. The van der Waals surface area contributed by atoms with Crippen molar-refractivity contribution in [3.63, 3.8) is 0 Å². The van der Waals surface area contributed by atoms with Crippen molar-refractivity contribution in [1.29, 1.82) is 0 Å². The van der Waals surface area contributed by atoms with E-state index in [1.54, 1.807) is 0 Å². The maximum Gasteiger partial charge on any atom is 0.131 e. The summed E-state index contributed by atoms with van der Waals surface area (Å²) in [4.78, 5) is 2.40. The predicted molar refractivity (Wildman–Crippen MR) is 106 cm³/mol. The first-order chi connectivity index (χ1) is 12.8. The fourth-order valence-electron chi connectivity index (χ4n) is 4.66. The van der Waals surface area contributed by atoms with Gasteiger partial charge in [0.05, 0.1) is 18.9 Å². The van der Waals surface area contributed by atoms with Crippen LogP contribution in [0, 0.1) is 19.3 Å². The van der Waals surface area contributed by atoms with Crippen molar-refractivity contribution in [3.8, 4) is 0 Å². The van der Waals surface area contributed by atoms with E-state index >= 15 is 0 Å². The quantitative estimate of drug-likeness (QED) is 0.893. The molecule has 148 valence electrons. The molecule has 1 fully saturated rings. The SMILES string of the molecule is Cc1cc2c(o1)CC(C)(C)CC2NCc1c(C)nn(C)c1N1CCOCC1. The molecule has 27 heavy (non-hydrogen) atoms. The summed E-state index contributed by atoms with van der Waals surface area (Å²) < 4.78 is 13.5. The van der Waals surface area contributed by atoms with Crippen LogP contribution >= 0.6 is 0 Å². The van der Waals surface area contributed by atoms with Crippen LogP contribution in [0.4, 0.5) is 5.82 Å². The van der Waals surface area contributed by atoms with Crippen LogP contribution in [0.5, 0.6) is 0 Å². The van der Waals surface area contributed by atoms with Gasteiger partial charge < -0.3 is 19.4 Å². The Morgan fingerprint density at radius 2 is 2.00 bits per heavy atom. The summed E-state index contributed by atoms with van der Waals surface area (Å²) in [6.07, 6.45) is 2.13. The molecule has 4 rings (SSSR count). The number of furan rings is 1. The van der Waals surface area contributed by atoms with Gasteiger partial charge in [0.2, 0.25) is 0 Å². The fraction of sp³-hybridized carbons (Fsp3) is 0.667. The molecule has 1 atom stereocenters. The highest BCUT2D eigenvalue weighted by atomic mass is 16.5. The van der Waals surface area contributed by atoms with Crippen LogP contribution in [-0.4, -0.2) is 36.1 Å². The monoisotopic (exact) mass is 372 g/mol. The minimum atomic E-state index is 0.242. The maximum atomic E-state index is 5.99. The molecule has 2 aliphatic rings. The normalized spacial score (nSPS) is 22.1. The van der Waals surface area contributed by atoms with Gasteiger partial charge in [0, 0.05) is 50.3 Å². The molecule has 1 aliphatic carbocycles. The largest absolute Gasteiger partial charge is 0.466 e. The van der Waals surface area contributed by atoms with Gasteiger partial charge in [-0.2, -0.15) is 5.10 Å². The van der Waals surface area contributed by atoms with E-state index in [4.69, 9.17) is 14.3 Å². The molecule has 0 amide bonds. The zero-order chi connectivity index (χ0) is 19.2. The number of aromatic nitrogens is 2. The summed E-state index contributed by atoms with van der Waals surface area (Å²) in [7, 11) is 2.04. The van der Waals surface area contributed by atoms with Crippen LogP contribution in [0.1, 0.15) is 54.7 Å². The van der Waals surface area contributed by atoms with Gasteiger partial charge in [-0.25, -0.2) is 0 Å². The molecule has 0 saturated carbocycles. The summed E-state index contributed by atoms with van der Waals surface area (Å²) in [6.45, 7) is 13.0. The Morgan fingerprint density at radius 3 is 2.74 bits per heavy atom. The number of fused-ring (bicyclic) bond motifs is 1. The molecular formula is C21H32N4O2. The van der Waals surface area contributed by atoms with Crippen molar-refractivity contribution < 1.29 is 9.15 Å². The highest BCUT2D eigenvalue weighted by Crippen LogP contribution is 2.42. The second kappa shape index (κ2) is 6.99. The van der Waals surface area contributed by atoms with Gasteiger partial charge in [0.1, 0.15) is 17.3 Å². The highest BCUT2D eigenvalue weighted by molar-refractivity contribution is 5.50. The average Bonchev–Trinajstić information content (AvgIpc) is 3.10. The molecule has 2 aromatic heterocycles. The first-order valence-electron chi connectivity index (χ1n) is 10.0. The van der Waals surface area contributed by atoms with E-state index in [-0.39, 0.29) is 5.41 Å². The molecule has 0 radical (unpaired) electrons. The Hall–Kier alpha value is -1.79. The summed E-state index contributed by atoms with van der Waals surface area (Å²) in [5.74, 6) is 3.38. The third kappa shape index (κ3) is 3.65. The minimum absolute atomic E-state index is 0.242. The topological polar surface area (TPSA) is 55.5 Å². The third-order valence-electron chi connectivity index (χ3n) is 5.89. The van der Waals surface area contributed by atoms with E-state index in [1.807, 2.05) is 18.7 Å². The molecule has 0 aromatic carbocycles. The molecule has 6 nitrogen and oxygen atoms in total. The number of anilines is 1. The van der Waals surface area contributed by atoms with Crippen molar-refractivity contribution in [1.82, 2.24) is 15.1 Å². The first-order valence-corrected chi connectivity index (χ1v) is 10.0. The predicted octanol–water partition coefficient (Wildman–Crippen LogP) is 3.27. The third-order valence-corrected chi connectivity index (χ3v) is 5.89. The lowest BCUT2D eigenvalue weighted by molar-refractivity contribution is 0.122. The molecule has 1 N–H and O–H groups in total. The van der Waals surface area contributed by atoms with Gasteiger partial charge in [0.25, 0.3) is 0 Å². The van der Waals surface area contributed by atoms with Gasteiger partial charge in [-0.05, 0) is 31.7 Å². The second-order valence-corrected chi connectivity index (χ2v) is 8.82. The van der Waals surface area contributed by atoms with Crippen molar-refractivity contribution >= 4 is 5.82 Å². The van der Waals surface area contributed by atoms with Gasteiger partial charge in [-0.15, -0.1) is 0 Å². The Labute approximate surface area is 161 Å². The zero-order valence-corrected chi connectivity index (χ0v) is 17.3. The average molecular weight is 373 g/mol. The smallest absolute Gasteiger partial charge is 0.131 e. The number of nitrogens with zero attached hydrogens (tertiary/aromatic N) is 3. The molecular weight excluding hydrogens is 340 g/mol. The Bertz CT molecular complexity index is 815. The van der Waals surface area contributed by atoms with Crippen molar-refractivity contribution in [3.05, 3.63) is 34.4 Å². The van der Waals surface area contributed by atoms with Crippen LogP contribution in [0.2, 0.25) is 0 Å². The lowest BCUT2D eigenvalue weighted by Gasteiger charge is -2.35. The highest BCUT2D eigenvalue weighted by Gasteiger charge is 2.35. The Balaban J connectivity index is 1.57. The van der Waals surface area contributed by atoms with Gasteiger partial charge in [-0.1, -0.05) is 13.8 Å². The minimum Gasteiger partial charge on any atom is -0.466 e. The molecule has 1 unspecified atom stereocenters. The van der Waals surface area contributed by atoms with Crippen LogP contribution in [0.15, 0.2) is 10.5 Å². The van der Waals surface area contributed by atoms with Crippen molar-refractivity contribution in [2.75, 3.05) is 31.2 Å². The van der Waals surface area contributed by atoms with Crippen LogP contribution < -0.4 is 10.2 Å². The van der Waals surface area contributed by atoms with Crippen LogP contribution in [-0.2, 0) is 24.8 Å². The van der Waals surface area contributed by atoms with Crippen LogP contribution in [0.3, 0.4) is 0 Å². The number of aryl methyl sites for hydroxylation is 3. The number of ether oxygens (including phenoxy) is 1. The molecule has 2 aromatic rings. The number of hydrogen-bond donors (Lipinski definition) is 1. The molecule has 1 saturated heterocycles. The van der Waals surface area contributed by atoms with Crippen molar-refractivity contribution in [2.24, 2.45) is 12.5 Å². The zero-order valence-electron chi connectivity index (χ0n) is 17.3. The lowest BCUT2D eigenvalue weighted by Crippen LogP contribution is -2.38. The van der Waals surface area contributed by atoms with Gasteiger partial charge >= 0.3 is 0 Å². The number of rotatable bonds is 4. The van der Waals surface area contributed by atoms with Gasteiger partial charge in [0.15, 0.2) is 0 Å². The van der Waals surface area contributed by atoms with Crippen molar-refractivity contribution in [2.45, 2.75) is 53.1 Å². The lowest BCUT2D eigenvalue weighted by atomic mass is 9.74. The molecule has 0 spiro atoms. The van der Waals surface area contributed by atoms with E-state index in [9.17, 15) is 0 Å². The Kier molecular flexibility index (Phi) is 4.80. The standard InChI is InChI=1S/C21H32N4O2/c1-14-10-16-18(11-21(3,4)12-19(16)27-14)22-13-17-15(2)23-24(5)20(17)25-6-8-26-9-7-25/h10,18,22H,6-9,11-13H2,1-5H3. The van der Waals surface area contributed by atoms with Crippen LogP contribution in [0.25, 0.3) is 0 Å². The Morgan fingerprint density at radius 1 is 1.26 bits per heavy atom. The number of nitrogens with one attached hydrogen (secondary N) is 1. The molecule has 3 heterocycles.